The zero-order chi connectivity index (χ0) is 15.5. The Labute approximate surface area is 117 Å². The maximum atomic E-state index is 12.5. The number of rotatable bonds is 4. The lowest BCUT2D eigenvalue weighted by Crippen LogP contribution is -2.08. The van der Waals surface area contributed by atoms with E-state index >= 15 is 0 Å². The van der Waals surface area contributed by atoms with E-state index in [0.717, 1.165) is 19.3 Å². The van der Waals surface area contributed by atoms with Crippen LogP contribution in [0.3, 0.4) is 0 Å². The van der Waals surface area contributed by atoms with E-state index in [4.69, 9.17) is 0 Å². The lowest BCUT2D eigenvalue weighted by molar-refractivity contribution is -0.270. The van der Waals surface area contributed by atoms with Gasteiger partial charge in [0.2, 0.25) is 0 Å². The highest BCUT2D eigenvalue weighted by Crippen LogP contribution is 2.29. The molecule has 2 rings (SSSR count). The third-order valence-corrected chi connectivity index (χ3v) is 2.59. The number of alkyl halides is 3. The molecule has 4 nitrogen and oxygen atoms in total. The minimum absolute atomic E-state index is 0.0464. The lowest BCUT2D eigenvalue weighted by atomic mass is 10.1. The molecule has 2 heterocycles. The highest BCUT2D eigenvalue weighted by atomic mass is 19.4. The van der Waals surface area contributed by atoms with Gasteiger partial charge < -0.3 is 0 Å². The number of hydrogen-bond donors (Lipinski definition) is 0. The van der Waals surface area contributed by atoms with Crippen molar-refractivity contribution in [3.8, 4) is 11.3 Å². The van der Waals surface area contributed by atoms with Crippen LogP contribution in [0.5, 0.6) is 0 Å². The van der Waals surface area contributed by atoms with E-state index in [9.17, 15) is 17.7 Å². The second kappa shape index (κ2) is 6.15. The van der Waals surface area contributed by atoms with Crippen LogP contribution in [0.4, 0.5) is 17.7 Å². The molecule has 0 spiro atoms. The number of pyridine rings is 2. The van der Waals surface area contributed by atoms with Crippen LogP contribution in [0.1, 0.15) is 11.3 Å². The van der Waals surface area contributed by atoms with E-state index < -0.39 is 11.7 Å². The Balaban J connectivity index is 2.20. The highest BCUT2D eigenvalue weighted by Gasteiger charge is 2.30. The summed E-state index contributed by atoms with van der Waals surface area (Å²) in [6, 6.07) is 5.38. The van der Waals surface area contributed by atoms with Gasteiger partial charge in [-0.1, -0.05) is 0 Å². The van der Waals surface area contributed by atoms with Crippen molar-refractivity contribution in [1.82, 2.24) is 15.3 Å². The second-order valence-corrected chi connectivity index (χ2v) is 4.16. The normalized spacial score (nSPS) is 11.9. The van der Waals surface area contributed by atoms with E-state index in [0.29, 0.717) is 17.0 Å². The van der Waals surface area contributed by atoms with Gasteiger partial charge in [-0.25, -0.2) is 0 Å². The summed E-state index contributed by atoms with van der Waals surface area (Å²) in [6.45, 7) is -0.0958. The molecular weight excluding hydrogens is 290 g/mol. The van der Waals surface area contributed by atoms with E-state index in [-0.39, 0.29) is 11.9 Å². The molecule has 0 radical (unpaired) electrons. The SMILES string of the molecule is CN(F)OCc1cc(-c2ccc(C(F)(F)F)cn2)ccn1. The molecule has 0 fully saturated rings. The highest BCUT2D eigenvalue weighted by molar-refractivity contribution is 5.59. The first kappa shape index (κ1) is 15.3. The van der Waals surface area contributed by atoms with Gasteiger partial charge in [0.1, 0.15) is 6.61 Å². The number of nitrogens with zero attached hydrogens (tertiary/aromatic N) is 3. The number of hydrogen-bond acceptors (Lipinski definition) is 4. The molecule has 0 aliphatic rings. The zero-order valence-corrected chi connectivity index (χ0v) is 10.9. The van der Waals surface area contributed by atoms with Gasteiger partial charge in [-0.2, -0.15) is 13.2 Å². The molecule has 2 aromatic heterocycles. The van der Waals surface area contributed by atoms with Crippen LogP contribution in [-0.4, -0.2) is 22.3 Å². The molecule has 0 bridgehead atoms. The Morgan fingerprint density at radius 1 is 1.19 bits per heavy atom. The fourth-order valence-corrected chi connectivity index (χ4v) is 1.60. The molecule has 112 valence electrons. The summed E-state index contributed by atoms with van der Waals surface area (Å²) in [4.78, 5) is 12.4. The van der Waals surface area contributed by atoms with Crippen molar-refractivity contribution in [3.63, 3.8) is 0 Å². The predicted octanol–water partition coefficient (Wildman–Crippen LogP) is 3.41. The van der Waals surface area contributed by atoms with Crippen LogP contribution in [-0.2, 0) is 17.6 Å². The van der Waals surface area contributed by atoms with Crippen LogP contribution in [0.2, 0.25) is 0 Å². The van der Waals surface area contributed by atoms with E-state index in [2.05, 4.69) is 14.8 Å². The lowest BCUT2D eigenvalue weighted by Gasteiger charge is -2.08. The van der Waals surface area contributed by atoms with Crippen molar-refractivity contribution in [2.24, 2.45) is 0 Å². The van der Waals surface area contributed by atoms with E-state index in [1.165, 1.54) is 12.3 Å². The summed E-state index contributed by atoms with van der Waals surface area (Å²) in [6.07, 6.45) is -2.21. The van der Waals surface area contributed by atoms with E-state index in [1.807, 2.05) is 0 Å². The summed E-state index contributed by atoms with van der Waals surface area (Å²) < 4.78 is 49.8. The third-order valence-electron chi connectivity index (χ3n) is 2.59. The smallest absolute Gasteiger partial charge is 0.264 e. The Hall–Kier alpha value is -2.06. The van der Waals surface area contributed by atoms with Crippen LogP contribution >= 0.6 is 0 Å². The molecule has 0 atom stereocenters. The predicted molar refractivity (Wildman–Crippen MR) is 66.1 cm³/mol. The number of hydroxylamine groups is 1. The van der Waals surface area contributed by atoms with Crippen molar-refractivity contribution in [2.45, 2.75) is 12.8 Å². The van der Waals surface area contributed by atoms with Gasteiger partial charge in [-0.15, -0.1) is 4.48 Å². The Bertz CT molecular complexity index is 599. The summed E-state index contributed by atoms with van der Waals surface area (Å²) in [5.74, 6) is 0. The van der Waals surface area contributed by atoms with Crippen LogP contribution in [0, 0.1) is 0 Å². The molecule has 0 N–H and O–H groups in total. The summed E-state index contributed by atoms with van der Waals surface area (Å²) in [5, 5.41) is 0.0464. The van der Waals surface area contributed by atoms with Gasteiger partial charge in [0, 0.05) is 25.0 Å². The zero-order valence-electron chi connectivity index (χ0n) is 10.9. The molecule has 0 aliphatic heterocycles. The van der Waals surface area contributed by atoms with Gasteiger partial charge in [0.25, 0.3) is 0 Å². The maximum absolute atomic E-state index is 12.5. The molecule has 0 aliphatic carbocycles. The Morgan fingerprint density at radius 3 is 2.52 bits per heavy atom. The van der Waals surface area contributed by atoms with Crippen LogP contribution in [0.15, 0.2) is 36.7 Å². The summed E-state index contributed by atoms with van der Waals surface area (Å²) >= 11 is 0. The second-order valence-electron chi connectivity index (χ2n) is 4.16. The van der Waals surface area contributed by atoms with Crippen molar-refractivity contribution < 1.29 is 22.5 Å². The average Bonchev–Trinajstić information content (AvgIpc) is 2.45. The number of halogens is 4. The van der Waals surface area contributed by atoms with Crippen molar-refractivity contribution in [1.29, 1.82) is 0 Å². The molecule has 8 heteroatoms. The fraction of sp³-hybridized carbons (Fsp3) is 0.231. The molecule has 0 aromatic carbocycles. The largest absolute Gasteiger partial charge is 0.417 e. The van der Waals surface area contributed by atoms with Crippen molar-refractivity contribution >= 4 is 0 Å². The van der Waals surface area contributed by atoms with Gasteiger partial charge in [0.15, 0.2) is 0 Å². The molecular formula is C13H11F4N3O. The quantitative estimate of drug-likeness (QED) is 0.493. The van der Waals surface area contributed by atoms with Crippen molar-refractivity contribution in [3.05, 3.63) is 47.9 Å². The average molecular weight is 301 g/mol. The first-order valence-corrected chi connectivity index (χ1v) is 5.87. The summed E-state index contributed by atoms with van der Waals surface area (Å²) in [5.41, 5.74) is 0.542. The first-order valence-electron chi connectivity index (χ1n) is 5.87. The fourth-order valence-electron chi connectivity index (χ4n) is 1.60. The van der Waals surface area contributed by atoms with Gasteiger partial charge >= 0.3 is 6.18 Å². The maximum Gasteiger partial charge on any atom is 0.417 e. The molecule has 0 saturated heterocycles. The first-order chi connectivity index (χ1) is 9.86. The number of aromatic nitrogens is 2. The van der Waals surface area contributed by atoms with Crippen LogP contribution in [0.25, 0.3) is 11.3 Å². The minimum atomic E-state index is -4.42. The molecule has 21 heavy (non-hydrogen) atoms. The third kappa shape index (κ3) is 4.20. The molecule has 0 amide bonds. The summed E-state index contributed by atoms with van der Waals surface area (Å²) in [7, 11) is 1.08. The molecule has 2 aromatic rings. The van der Waals surface area contributed by atoms with Crippen molar-refractivity contribution in [2.75, 3.05) is 7.05 Å². The Kier molecular flexibility index (Phi) is 4.49. The topological polar surface area (TPSA) is 38.2 Å². The Morgan fingerprint density at radius 2 is 1.95 bits per heavy atom. The van der Waals surface area contributed by atoms with Gasteiger partial charge in [-0.05, 0) is 29.6 Å². The van der Waals surface area contributed by atoms with E-state index in [1.54, 1.807) is 12.1 Å². The molecule has 0 saturated carbocycles. The standard InChI is InChI=1S/C13H11F4N3O/c1-20(17)21-8-11-6-9(4-5-18-11)12-3-2-10(7-19-12)13(14,15)16/h2-7H,8H2,1H3. The minimum Gasteiger partial charge on any atom is -0.264 e. The van der Waals surface area contributed by atoms with Gasteiger partial charge in [0.05, 0.1) is 17.0 Å². The molecule has 0 unspecified atom stereocenters. The monoisotopic (exact) mass is 301 g/mol. The van der Waals surface area contributed by atoms with Crippen LogP contribution < -0.4 is 0 Å². The van der Waals surface area contributed by atoms with Gasteiger partial charge in [-0.3, -0.25) is 14.8 Å².